The van der Waals surface area contributed by atoms with Crippen molar-refractivity contribution in [1.29, 1.82) is 0 Å². The van der Waals surface area contributed by atoms with Gasteiger partial charge in [-0.3, -0.25) is 4.79 Å². The molecule has 1 amide bonds. The molecule has 0 aliphatic heterocycles. The van der Waals surface area contributed by atoms with Gasteiger partial charge in [-0.15, -0.1) is 0 Å². The SMILES string of the molecule is COC(=O)C(C)(CCCNC(=O)OC(C)(C)C)Cc1cn([C@H]2CC[C@H](C)CC2)cn1. The van der Waals surface area contributed by atoms with Gasteiger partial charge in [0.25, 0.3) is 0 Å². The molecule has 1 heterocycles. The Balaban J connectivity index is 1.91. The first-order valence-electron chi connectivity index (χ1n) is 11.1. The largest absolute Gasteiger partial charge is 0.469 e. The Morgan fingerprint density at radius 3 is 2.47 bits per heavy atom. The predicted molar refractivity (Wildman–Crippen MR) is 116 cm³/mol. The first kappa shape index (κ1) is 24.2. The molecule has 0 bridgehead atoms. The van der Waals surface area contributed by atoms with E-state index in [9.17, 15) is 9.59 Å². The highest BCUT2D eigenvalue weighted by molar-refractivity contribution is 5.76. The summed E-state index contributed by atoms with van der Waals surface area (Å²) in [5.41, 5.74) is -0.314. The number of hydrogen-bond donors (Lipinski definition) is 1. The Bertz CT molecular complexity index is 702. The van der Waals surface area contributed by atoms with Crippen LogP contribution in [0.15, 0.2) is 12.5 Å². The third-order valence-electron chi connectivity index (χ3n) is 5.89. The molecule has 1 unspecified atom stereocenters. The number of methoxy groups -OCH3 is 1. The van der Waals surface area contributed by atoms with Gasteiger partial charge in [0.2, 0.25) is 0 Å². The molecule has 1 fully saturated rings. The number of esters is 1. The molecule has 1 saturated carbocycles. The second-order valence-corrected chi connectivity index (χ2v) is 9.99. The second kappa shape index (κ2) is 10.3. The molecule has 1 aliphatic carbocycles. The summed E-state index contributed by atoms with van der Waals surface area (Å²) in [7, 11) is 1.42. The second-order valence-electron chi connectivity index (χ2n) is 9.99. The van der Waals surface area contributed by atoms with Gasteiger partial charge in [-0.25, -0.2) is 9.78 Å². The van der Waals surface area contributed by atoms with Crippen LogP contribution in [0.4, 0.5) is 4.79 Å². The van der Waals surface area contributed by atoms with Crippen molar-refractivity contribution in [3.8, 4) is 0 Å². The van der Waals surface area contributed by atoms with E-state index in [1.165, 1.54) is 32.8 Å². The molecular weight excluding hydrogens is 382 g/mol. The summed E-state index contributed by atoms with van der Waals surface area (Å²) in [5, 5.41) is 2.75. The van der Waals surface area contributed by atoms with E-state index < -0.39 is 17.1 Å². The lowest BCUT2D eigenvalue weighted by molar-refractivity contribution is -0.152. The maximum atomic E-state index is 12.5. The number of imidazole rings is 1. The molecule has 2 rings (SSSR count). The molecule has 0 saturated heterocycles. The summed E-state index contributed by atoms with van der Waals surface area (Å²) in [6.45, 7) is 10.1. The minimum Gasteiger partial charge on any atom is -0.469 e. The van der Waals surface area contributed by atoms with Gasteiger partial charge in [0.1, 0.15) is 5.60 Å². The van der Waals surface area contributed by atoms with Crippen molar-refractivity contribution in [3.63, 3.8) is 0 Å². The lowest BCUT2D eigenvalue weighted by Gasteiger charge is -2.27. The maximum Gasteiger partial charge on any atom is 0.407 e. The minimum atomic E-state index is -0.690. The maximum absolute atomic E-state index is 12.5. The third-order valence-corrected chi connectivity index (χ3v) is 5.89. The standard InChI is InChI=1S/C23H39N3O4/c1-17-8-10-19(11-9-17)26-15-18(25-16-26)14-23(5,20(27)29-6)12-7-13-24-21(28)30-22(2,3)4/h15-17,19H,7-14H2,1-6H3,(H,24,28)/t17-,19-,23?. The monoisotopic (exact) mass is 421 g/mol. The number of hydrogen-bond acceptors (Lipinski definition) is 5. The zero-order valence-electron chi connectivity index (χ0n) is 19.5. The van der Waals surface area contributed by atoms with Crippen molar-refractivity contribution in [3.05, 3.63) is 18.2 Å². The van der Waals surface area contributed by atoms with Crippen LogP contribution in [-0.4, -0.2) is 40.9 Å². The number of aromatic nitrogens is 2. The number of alkyl carbamates (subject to hydrolysis) is 1. The highest BCUT2D eigenvalue weighted by Gasteiger charge is 2.35. The molecule has 7 nitrogen and oxygen atoms in total. The molecule has 30 heavy (non-hydrogen) atoms. The fraction of sp³-hybridized carbons (Fsp3) is 0.783. The van der Waals surface area contributed by atoms with Crippen molar-refractivity contribution in [1.82, 2.24) is 14.9 Å². The summed E-state index contributed by atoms with van der Waals surface area (Å²) in [6, 6.07) is 0.505. The normalized spacial score (nSPS) is 21.5. The molecule has 170 valence electrons. The Labute approximate surface area is 180 Å². The molecule has 1 atom stereocenters. The minimum absolute atomic E-state index is 0.249. The first-order valence-corrected chi connectivity index (χ1v) is 11.1. The molecular formula is C23H39N3O4. The van der Waals surface area contributed by atoms with Gasteiger partial charge in [0.05, 0.1) is 24.5 Å². The van der Waals surface area contributed by atoms with Crippen LogP contribution in [0.25, 0.3) is 0 Å². The Morgan fingerprint density at radius 2 is 1.87 bits per heavy atom. The van der Waals surface area contributed by atoms with E-state index in [0.29, 0.717) is 31.8 Å². The van der Waals surface area contributed by atoms with Gasteiger partial charge in [-0.1, -0.05) is 6.92 Å². The zero-order chi connectivity index (χ0) is 22.4. The van der Waals surface area contributed by atoms with Crippen molar-refractivity contribution < 1.29 is 19.1 Å². The van der Waals surface area contributed by atoms with E-state index in [1.807, 2.05) is 34.0 Å². The summed E-state index contributed by atoms with van der Waals surface area (Å²) in [4.78, 5) is 28.9. The highest BCUT2D eigenvalue weighted by Crippen LogP contribution is 2.33. The summed E-state index contributed by atoms with van der Waals surface area (Å²) in [5.74, 6) is 0.557. The van der Waals surface area contributed by atoms with Gasteiger partial charge >= 0.3 is 12.1 Å². The number of nitrogens with zero attached hydrogens (tertiary/aromatic N) is 2. The highest BCUT2D eigenvalue weighted by atomic mass is 16.6. The number of amides is 1. The van der Waals surface area contributed by atoms with Crippen molar-refractivity contribution >= 4 is 12.1 Å². The lowest BCUT2D eigenvalue weighted by atomic mass is 9.81. The van der Waals surface area contributed by atoms with Crippen LogP contribution in [-0.2, 0) is 20.7 Å². The van der Waals surface area contributed by atoms with Gasteiger partial charge < -0.3 is 19.4 Å². The van der Waals surface area contributed by atoms with Gasteiger partial charge in [-0.05, 0) is 72.1 Å². The predicted octanol–water partition coefficient (Wildman–Crippen LogP) is 4.66. The molecule has 1 aliphatic rings. The topological polar surface area (TPSA) is 82.5 Å². The zero-order valence-corrected chi connectivity index (χ0v) is 19.5. The lowest BCUT2D eigenvalue weighted by Crippen LogP contribution is -2.35. The summed E-state index contributed by atoms with van der Waals surface area (Å²) in [6.07, 6.45) is 10.2. The van der Waals surface area contributed by atoms with E-state index >= 15 is 0 Å². The van der Waals surface area contributed by atoms with E-state index in [2.05, 4.69) is 28.0 Å². The Morgan fingerprint density at radius 1 is 1.20 bits per heavy atom. The fourth-order valence-electron chi connectivity index (χ4n) is 4.10. The Hall–Kier alpha value is -2.05. The van der Waals surface area contributed by atoms with E-state index in [0.717, 1.165) is 11.6 Å². The molecule has 0 spiro atoms. The van der Waals surface area contributed by atoms with Crippen LogP contribution in [0, 0.1) is 11.3 Å². The van der Waals surface area contributed by atoms with Crippen LogP contribution in [0.5, 0.6) is 0 Å². The smallest absolute Gasteiger partial charge is 0.407 e. The van der Waals surface area contributed by atoms with Gasteiger partial charge in [-0.2, -0.15) is 0 Å². The number of ether oxygens (including phenoxy) is 2. The molecule has 0 radical (unpaired) electrons. The fourth-order valence-corrected chi connectivity index (χ4v) is 4.10. The van der Waals surface area contributed by atoms with Crippen LogP contribution in [0.3, 0.4) is 0 Å². The summed E-state index contributed by atoms with van der Waals surface area (Å²) < 4.78 is 12.5. The first-order chi connectivity index (χ1) is 14.0. The molecule has 1 aromatic heterocycles. The van der Waals surface area contributed by atoms with Gasteiger partial charge in [0, 0.05) is 25.2 Å². The molecule has 1 aromatic rings. The van der Waals surface area contributed by atoms with Crippen molar-refractivity contribution in [2.45, 2.75) is 91.2 Å². The quantitative estimate of drug-likeness (QED) is 0.487. The van der Waals surface area contributed by atoms with Crippen LogP contribution < -0.4 is 5.32 Å². The number of nitrogens with one attached hydrogen (secondary N) is 1. The van der Waals surface area contributed by atoms with E-state index in [-0.39, 0.29) is 5.97 Å². The van der Waals surface area contributed by atoms with Crippen LogP contribution in [0.2, 0.25) is 0 Å². The third kappa shape index (κ3) is 7.33. The Kier molecular flexibility index (Phi) is 8.33. The van der Waals surface area contributed by atoms with Crippen LogP contribution in [0.1, 0.15) is 84.9 Å². The number of carbonyl (C=O) groups is 2. The van der Waals surface area contributed by atoms with Crippen molar-refractivity contribution in [2.75, 3.05) is 13.7 Å². The van der Waals surface area contributed by atoms with E-state index in [1.54, 1.807) is 0 Å². The van der Waals surface area contributed by atoms with Crippen molar-refractivity contribution in [2.24, 2.45) is 11.3 Å². The summed E-state index contributed by atoms with van der Waals surface area (Å²) >= 11 is 0. The average molecular weight is 422 g/mol. The average Bonchev–Trinajstić information content (AvgIpc) is 3.12. The molecule has 1 N–H and O–H groups in total. The number of carbonyl (C=O) groups excluding carboxylic acids is 2. The van der Waals surface area contributed by atoms with Gasteiger partial charge in [0.15, 0.2) is 0 Å². The molecule has 7 heteroatoms. The van der Waals surface area contributed by atoms with E-state index in [4.69, 9.17) is 9.47 Å². The number of rotatable bonds is 8. The van der Waals surface area contributed by atoms with Crippen LogP contribution >= 0.6 is 0 Å². The molecule has 0 aromatic carbocycles.